The highest BCUT2D eigenvalue weighted by atomic mass is 32.2. The van der Waals surface area contributed by atoms with E-state index < -0.39 is 5.79 Å². The van der Waals surface area contributed by atoms with Gasteiger partial charge in [0, 0.05) is 26.7 Å². The fraction of sp³-hybridized carbons (Fsp3) is 0.500. The monoisotopic (exact) mass is 544 g/mol. The molecule has 206 valence electrons. The largest absolute Gasteiger partial charge is 0.458 e. The van der Waals surface area contributed by atoms with Gasteiger partial charge < -0.3 is 14.2 Å². The highest BCUT2D eigenvalue weighted by Crippen LogP contribution is 2.65. The van der Waals surface area contributed by atoms with E-state index in [1.54, 1.807) is 11.8 Å². The summed E-state index contributed by atoms with van der Waals surface area (Å²) >= 11 is 1.78. The molecule has 0 radical (unpaired) electrons. The number of carbonyl (C=O) groups is 1. The maximum atomic E-state index is 12.7. The summed E-state index contributed by atoms with van der Waals surface area (Å²) in [6, 6.07) is 20.8. The molecule has 2 aliphatic heterocycles. The summed E-state index contributed by atoms with van der Waals surface area (Å²) in [7, 11) is 0. The first-order valence-electron chi connectivity index (χ1n) is 14.4. The number of cyclic esters (lactones) is 1. The van der Waals surface area contributed by atoms with Crippen LogP contribution in [0.4, 0.5) is 0 Å². The van der Waals surface area contributed by atoms with E-state index in [2.05, 4.69) is 75.9 Å². The molecule has 7 atom stereocenters. The zero-order valence-corrected chi connectivity index (χ0v) is 24.2. The van der Waals surface area contributed by atoms with E-state index in [0.29, 0.717) is 25.0 Å². The fourth-order valence-corrected chi connectivity index (χ4v) is 9.29. The van der Waals surface area contributed by atoms with Crippen molar-refractivity contribution in [1.82, 2.24) is 0 Å². The number of hydrogen-bond acceptors (Lipinski definition) is 5. The first-order chi connectivity index (χ1) is 18.7. The summed E-state index contributed by atoms with van der Waals surface area (Å²) in [6.07, 6.45) is 7.21. The van der Waals surface area contributed by atoms with E-state index in [9.17, 15) is 4.79 Å². The van der Waals surface area contributed by atoms with Gasteiger partial charge in [-0.1, -0.05) is 74.5 Å². The van der Waals surface area contributed by atoms with Gasteiger partial charge in [-0.15, -0.1) is 11.8 Å². The molecule has 2 saturated carbocycles. The van der Waals surface area contributed by atoms with Gasteiger partial charge in [0.15, 0.2) is 5.79 Å². The lowest BCUT2D eigenvalue weighted by molar-refractivity contribution is -0.359. The van der Waals surface area contributed by atoms with Gasteiger partial charge in [0.2, 0.25) is 0 Å². The van der Waals surface area contributed by atoms with Crippen LogP contribution in [0.5, 0.6) is 0 Å². The van der Waals surface area contributed by atoms with Crippen LogP contribution in [0.2, 0.25) is 0 Å². The zero-order valence-electron chi connectivity index (χ0n) is 23.4. The number of allylic oxidation sites excluding steroid dienone is 1. The quantitative estimate of drug-likeness (QED) is 0.212. The minimum atomic E-state index is -0.719. The molecule has 6 rings (SSSR count). The summed E-state index contributed by atoms with van der Waals surface area (Å²) in [4.78, 5) is 13.9. The lowest BCUT2D eigenvalue weighted by atomic mass is 9.45. The normalized spacial score (nSPS) is 36.9. The smallest absolute Gasteiger partial charge is 0.335 e. The van der Waals surface area contributed by atoms with E-state index in [4.69, 9.17) is 14.2 Å². The third-order valence-electron chi connectivity index (χ3n) is 10.2. The van der Waals surface area contributed by atoms with Crippen molar-refractivity contribution >= 4 is 17.7 Å². The van der Waals surface area contributed by atoms with Gasteiger partial charge in [-0.25, -0.2) is 4.79 Å². The molecule has 0 amide bonds. The maximum Gasteiger partial charge on any atom is 0.335 e. The molecule has 0 spiro atoms. The number of thioether (sulfide) groups is 1. The van der Waals surface area contributed by atoms with Crippen LogP contribution in [0.1, 0.15) is 58.4 Å². The Bertz CT molecular complexity index is 1260. The zero-order chi connectivity index (χ0) is 27.3. The Morgan fingerprint density at radius 1 is 1.00 bits per heavy atom. The fourth-order valence-electron chi connectivity index (χ4n) is 8.04. The molecule has 0 aromatic heterocycles. The topological polar surface area (TPSA) is 44.8 Å². The number of rotatable bonds is 6. The molecule has 4 unspecified atom stereocenters. The molecule has 2 heterocycles. The van der Waals surface area contributed by atoms with Gasteiger partial charge in [-0.2, -0.15) is 0 Å². The minimum absolute atomic E-state index is 0.0329. The highest BCUT2D eigenvalue weighted by molar-refractivity contribution is 8.00. The molecule has 4 nitrogen and oxygen atoms in total. The van der Waals surface area contributed by atoms with Gasteiger partial charge in [0.05, 0.1) is 12.7 Å². The SMILES string of the molecule is C=C1CCC2[C@]3(C)COC(C)(c4ccccc4)OC3CC[C@]2(C)[C@H]1CC(Sc1ccccc1)C1=CCOC1=O. The van der Waals surface area contributed by atoms with Crippen molar-refractivity contribution in [2.45, 2.75) is 74.9 Å². The van der Waals surface area contributed by atoms with E-state index >= 15 is 0 Å². The van der Waals surface area contributed by atoms with Gasteiger partial charge in [-0.05, 0) is 74.5 Å². The highest BCUT2D eigenvalue weighted by Gasteiger charge is 2.62. The van der Waals surface area contributed by atoms with E-state index in [1.165, 1.54) is 10.5 Å². The third-order valence-corrected chi connectivity index (χ3v) is 11.5. The van der Waals surface area contributed by atoms with Crippen LogP contribution in [0.15, 0.2) is 89.4 Å². The molecule has 2 aromatic carbocycles. The maximum absolute atomic E-state index is 12.7. The van der Waals surface area contributed by atoms with Crippen LogP contribution in [-0.4, -0.2) is 30.5 Å². The Hall–Kier alpha value is -2.34. The van der Waals surface area contributed by atoms with Crippen LogP contribution in [-0.2, 0) is 24.8 Å². The van der Waals surface area contributed by atoms with Crippen molar-refractivity contribution in [3.05, 3.63) is 90.0 Å². The number of esters is 1. The third kappa shape index (κ3) is 4.71. The number of carbonyl (C=O) groups excluding carboxylic acids is 1. The van der Waals surface area contributed by atoms with Crippen molar-refractivity contribution in [2.24, 2.45) is 22.7 Å². The lowest BCUT2D eigenvalue weighted by Crippen LogP contribution is -2.63. The summed E-state index contributed by atoms with van der Waals surface area (Å²) < 4.78 is 18.9. The van der Waals surface area contributed by atoms with E-state index in [0.717, 1.165) is 43.2 Å². The van der Waals surface area contributed by atoms with Crippen LogP contribution in [0, 0.1) is 22.7 Å². The Labute approximate surface area is 237 Å². The Kier molecular flexibility index (Phi) is 7.06. The van der Waals surface area contributed by atoms with Gasteiger partial charge in [0.25, 0.3) is 0 Å². The van der Waals surface area contributed by atoms with Crippen LogP contribution in [0.25, 0.3) is 0 Å². The summed E-state index contributed by atoms with van der Waals surface area (Å²) in [6.45, 7) is 12.6. The predicted molar refractivity (Wildman–Crippen MR) is 155 cm³/mol. The van der Waals surface area contributed by atoms with Crippen LogP contribution >= 0.6 is 11.8 Å². The molecule has 4 aliphatic rings. The number of benzene rings is 2. The van der Waals surface area contributed by atoms with Gasteiger partial charge in [-0.3, -0.25) is 0 Å². The minimum Gasteiger partial charge on any atom is -0.458 e. The average Bonchev–Trinajstić information content (AvgIpc) is 3.37. The first kappa shape index (κ1) is 26.9. The van der Waals surface area contributed by atoms with Gasteiger partial charge in [0.1, 0.15) is 6.61 Å². The molecular formula is C34H40O4S. The molecule has 3 fully saturated rings. The van der Waals surface area contributed by atoms with Crippen LogP contribution in [0.3, 0.4) is 0 Å². The van der Waals surface area contributed by atoms with E-state index in [1.807, 2.05) is 18.2 Å². The molecule has 0 bridgehead atoms. The predicted octanol–water partition coefficient (Wildman–Crippen LogP) is 7.70. The molecule has 0 N–H and O–H groups in total. The van der Waals surface area contributed by atoms with Crippen molar-refractivity contribution in [1.29, 1.82) is 0 Å². The Morgan fingerprint density at radius 3 is 2.41 bits per heavy atom. The molecule has 5 heteroatoms. The average molecular weight is 545 g/mol. The van der Waals surface area contributed by atoms with Crippen molar-refractivity contribution in [2.75, 3.05) is 13.2 Å². The molecule has 2 aliphatic carbocycles. The summed E-state index contributed by atoms with van der Waals surface area (Å²) in [5.41, 5.74) is 3.20. The van der Waals surface area contributed by atoms with Crippen LogP contribution < -0.4 is 0 Å². The second kappa shape index (κ2) is 10.2. The van der Waals surface area contributed by atoms with E-state index in [-0.39, 0.29) is 28.2 Å². The molecule has 1 saturated heterocycles. The molecular weight excluding hydrogens is 504 g/mol. The Balaban J connectivity index is 1.28. The summed E-state index contributed by atoms with van der Waals surface area (Å²) in [5, 5.41) is 0.0329. The summed E-state index contributed by atoms with van der Waals surface area (Å²) in [5.74, 6) is -0.126. The number of fused-ring (bicyclic) bond motifs is 3. The number of ether oxygens (including phenoxy) is 3. The van der Waals surface area contributed by atoms with Crippen molar-refractivity contribution in [3.8, 4) is 0 Å². The second-order valence-electron chi connectivity index (χ2n) is 12.5. The molecule has 39 heavy (non-hydrogen) atoms. The molecule has 2 aromatic rings. The van der Waals surface area contributed by atoms with Gasteiger partial charge >= 0.3 is 5.97 Å². The van der Waals surface area contributed by atoms with Crippen molar-refractivity contribution < 1.29 is 19.0 Å². The number of hydrogen-bond donors (Lipinski definition) is 0. The second-order valence-corrected chi connectivity index (χ2v) is 13.7. The Morgan fingerprint density at radius 2 is 1.72 bits per heavy atom. The van der Waals surface area contributed by atoms with Crippen molar-refractivity contribution in [3.63, 3.8) is 0 Å². The lowest BCUT2D eigenvalue weighted by Gasteiger charge is -2.64. The standard InChI is InChI=1S/C34H40O4S/c1-23-15-16-29-32(2,19-17-30-33(29,3)22-37-34(4,38-30)24-11-7-5-8-12-24)27(23)21-28(26-18-20-36-31(26)35)39-25-13-9-6-10-14-25/h5-14,18,27-30H,1,15-17,19-22H2,2-4H3/t27-,28?,29?,30?,32+,33-,34?/m0/s1. The first-order valence-corrected chi connectivity index (χ1v) is 15.2.